The van der Waals surface area contributed by atoms with Crippen molar-refractivity contribution < 1.29 is 9.53 Å². The maximum absolute atomic E-state index is 9.60. The molecule has 0 amide bonds. The molecule has 146 valence electrons. The van der Waals surface area contributed by atoms with Crippen LogP contribution in [-0.4, -0.2) is 25.2 Å². The van der Waals surface area contributed by atoms with Gasteiger partial charge in [0, 0.05) is 14.9 Å². The van der Waals surface area contributed by atoms with Crippen LogP contribution >= 0.6 is 27.5 Å². The minimum absolute atomic E-state index is 0.108. The van der Waals surface area contributed by atoms with Gasteiger partial charge in [0.25, 0.3) is 6.47 Å². The quantitative estimate of drug-likeness (QED) is 0.604. The molecule has 3 nitrogen and oxygen atoms in total. The lowest BCUT2D eigenvalue weighted by Crippen LogP contribution is -2.40. The first-order chi connectivity index (χ1) is 12.8. The Balaban J connectivity index is 0.000000321. The molecule has 2 aromatic carbocycles. The number of nitrogens with one attached hydrogen (secondary N) is 1. The Morgan fingerprint density at radius 1 is 1.00 bits per heavy atom. The van der Waals surface area contributed by atoms with Gasteiger partial charge < -0.3 is 10.1 Å². The van der Waals surface area contributed by atoms with E-state index in [0.717, 1.165) is 35.4 Å². The van der Waals surface area contributed by atoms with E-state index < -0.39 is 0 Å². The highest BCUT2D eigenvalue weighted by molar-refractivity contribution is 9.10. The minimum Gasteiger partial charge on any atom is -0.462 e. The van der Waals surface area contributed by atoms with Gasteiger partial charge in [0.15, 0.2) is 0 Å². The van der Waals surface area contributed by atoms with E-state index in [2.05, 4.69) is 62.4 Å². The van der Waals surface area contributed by atoms with Gasteiger partial charge >= 0.3 is 0 Å². The molecule has 1 aliphatic rings. The molecule has 0 radical (unpaired) electrons. The Labute approximate surface area is 175 Å². The van der Waals surface area contributed by atoms with Crippen LogP contribution in [0.25, 0.3) is 0 Å². The van der Waals surface area contributed by atoms with Gasteiger partial charge in [-0.2, -0.15) is 0 Å². The zero-order chi connectivity index (χ0) is 19.9. The average molecular weight is 453 g/mol. The zero-order valence-corrected chi connectivity index (χ0v) is 18.4. The molecule has 0 spiro atoms. The van der Waals surface area contributed by atoms with Crippen molar-refractivity contribution in [3.05, 3.63) is 69.2 Å². The maximum atomic E-state index is 9.60. The highest BCUT2D eigenvalue weighted by Crippen LogP contribution is 2.40. The zero-order valence-electron chi connectivity index (χ0n) is 16.1. The summed E-state index contributed by atoms with van der Waals surface area (Å²) in [6.45, 7) is 8.03. The highest BCUT2D eigenvalue weighted by Gasteiger charge is 2.35. The van der Waals surface area contributed by atoms with E-state index in [9.17, 15) is 4.79 Å². The Kier molecular flexibility index (Phi) is 7.90. The van der Waals surface area contributed by atoms with Crippen LogP contribution in [0.4, 0.5) is 0 Å². The second-order valence-electron chi connectivity index (χ2n) is 7.67. The average Bonchev–Trinajstić information content (AvgIpc) is 2.63. The summed E-state index contributed by atoms with van der Waals surface area (Å²) < 4.78 is 5.67. The third kappa shape index (κ3) is 6.34. The Morgan fingerprint density at radius 3 is 1.89 bits per heavy atom. The van der Waals surface area contributed by atoms with E-state index in [1.807, 2.05) is 32.9 Å². The SMILES string of the molecule is CC(C)(C)OC=O.Clc1ccc(C2(c3ccc(Br)cc3)CCNCC2)cc1. The van der Waals surface area contributed by atoms with E-state index in [1.165, 1.54) is 11.1 Å². The second-order valence-corrected chi connectivity index (χ2v) is 9.02. The van der Waals surface area contributed by atoms with Crippen LogP contribution in [0.3, 0.4) is 0 Å². The van der Waals surface area contributed by atoms with Crippen LogP contribution in [0, 0.1) is 0 Å². The largest absolute Gasteiger partial charge is 0.462 e. The number of carbonyl (C=O) groups excluding carboxylic acids is 1. The molecule has 1 N–H and O–H groups in total. The number of rotatable bonds is 3. The first kappa shape index (κ1) is 21.9. The number of ether oxygens (including phenoxy) is 1. The van der Waals surface area contributed by atoms with Crippen LogP contribution < -0.4 is 5.32 Å². The Bertz CT molecular complexity index is 670. The fourth-order valence-electron chi connectivity index (χ4n) is 3.28. The number of halogens is 2. The molecule has 0 unspecified atom stereocenters. The molecule has 1 fully saturated rings. The fourth-order valence-corrected chi connectivity index (χ4v) is 3.67. The van der Waals surface area contributed by atoms with Crippen molar-refractivity contribution in [2.45, 2.75) is 44.6 Å². The molecule has 1 heterocycles. The summed E-state index contributed by atoms with van der Waals surface area (Å²) >= 11 is 9.57. The monoisotopic (exact) mass is 451 g/mol. The summed E-state index contributed by atoms with van der Waals surface area (Å²) in [6.07, 6.45) is 2.24. The fraction of sp³-hybridized carbons (Fsp3) is 0.409. The lowest BCUT2D eigenvalue weighted by Gasteiger charge is -2.39. The molecule has 0 aliphatic carbocycles. The summed E-state index contributed by atoms with van der Waals surface area (Å²) in [5.41, 5.74) is 2.55. The van der Waals surface area contributed by atoms with E-state index in [1.54, 1.807) is 0 Å². The predicted octanol–water partition coefficient (Wildman–Crippen LogP) is 5.73. The standard InChI is InChI=1S/C17H17BrClN.C5H10O2/c18-15-5-1-13(2-6-15)17(9-11-20-12-10-17)14-3-7-16(19)8-4-14;1-5(2,3)7-4-6/h1-8,20H,9-12H2;4H,1-3H3. The van der Waals surface area contributed by atoms with Crippen molar-refractivity contribution in [2.24, 2.45) is 0 Å². The molecule has 0 bridgehead atoms. The lowest BCUT2D eigenvalue weighted by molar-refractivity contribution is -0.138. The summed E-state index contributed by atoms with van der Waals surface area (Å²) in [6, 6.07) is 17.1. The Morgan fingerprint density at radius 2 is 1.48 bits per heavy atom. The maximum Gasteiger partial charge on any atom is 0.293 e. The van der Waals surface area contributed by atoms with Crippen molar-refractivity contribution in [1.29, 1.82) is 0 Å². The van der Waals surface area contributed by atoms with Gasteiger partial charge in [-0.25, -0.2) is 0 Å². The first-order valence-corrected chi connectivity index (χ1v) is 10.3. The molecule has 5 heteroatoms. The van der Waals surface area contributed by atoms with Gasteiger partial charge in [-0.15, -0.1) is 0 Å². The molecule has 3 rings (SSSR count). The molecular weight excluding hydrogens is 426 g/mol. The summed E-state index contributed by atoms with van der Waals surface area (Å²) in [4.78, 5) is 9.60. The second kappa shape index (κ2) is 9.72. The lowest BCUT2D eigenvalue weighted by atomic mass is 9.68. The molecule has 0 saturated carbocycles. The highest BCUT2D eigenvalue weighted by atomic mass is 79.9. The van der Waals surface area contributed by atoms with Crippen molar-refractivity contribution in [1.82, 2.24) is 5.32 Å². The van der Waals surface area contributed by atoms with Gasteiger partial charge in [0.05, 0.1) is 0 Å². The number of piperidine rings is 1. The van der Waals surface area contributed by atoms with Crippen LogP contribution in [0.15, 0.2) is 53.0 Å². The molecule has 2 aromatic rings. The molecule has 0 aromatic heterocycles. The molecular formula is C22H27BrClNO2. The van der Waals surface area contributed by atoms with Crippen molar-refractivity contribution in [3.63, 3.8) is 0 Å². The number of carbonyl (C=O) groups is 1. The number of benzene rings is 2. The van der Waals surface area contributed by atoms with Crippen molar-refractivity contribution in [2.75, 3.05) is 13.1 Å². The summed E-state index contributed by atoms with van der Waals surface area (Å²) in [5, 5.41) is 4.27. The first-order valence-electron chi connectivity index (χ1n) is 9.11. The van der Waals surface area contributed by atoms with Crippen LogP contribution in [0.2, 0.25) is 5.02 Å². The van der Waals surface area contributed by atoms with Crippen molar-refractivity contribution in [3.8, 4) is 0 Å². The molecule has 1 saturated heterocycles. The smallest absolute Gasteiger partial charge is 0.293 e. The van der Waals surface area contributed by atoms with Gasteiger partial charge in [-0.05, 0) is 82.1 Å². The molecule has 1 aliphatic heterocycles. The minimum atomic E-state index is -0.318. The topological polar surface area (TPSA) is 38.3 Å². The number of hydrogen-bond donors (Lipinski definition) is 1. The van der Waals surface area contributed by atoms with E-state index in [4.69, 9.17) is 11.6 Å². The van der Waals surface area contributed by atoms with Gasteiger partial charge in [0.2, 0.25) is 0 Å². The van der Waals surface area contributed by atoms with Crippen LogP contribution in [-0.2, 0) is 14.9 Å². The normalized spacial score (nSPS) is 16.0. The van der Waals surface area contributed by atoms with Gasteiger partial charge in [-0.3, -0.25) is 4.79 Å². The third-order valence-electron chi connectivity index (χ3n) is 4.65. The van der Waals surface area contributed by atoms with E-state index in [0.29, 0.717) is 6.47 Å². The summed E-state index contributed by atoms with van der Waals surface area (Å²) in [5.74, 6) is 0. The van der Waals surface area contributed by atoms with Crippen LogP contribution in [0.5, 0.6) is 0 Å². The number of hydrogen-bond acceptors (Lipinski definition) is 3. The van der Waals surface area contributed by atoms with E-state index >= 15 is 0 Å². The van der Waals surface area contributed by atoms with Gasteiger partial charge in [-0.1, -0.05) is 51.8 Å². The van der Waals surface area contributed by atoms with Gasteiger partial charge in [0.1, 0.15) is 5.60 Å². The Hall–Kier alpha value is -1.36. The van der Waals surface area contributed by atoms with E-state index in [-0.39, 0.29) is 11.0 Å². The predicted molar refractivity (Wildman–Crippen MR) is 115 cm³/mol. The van der Waals surface area contributed by atoms with Crippen LogP contribution in [0.1, 0.15) is 44.7 Å². The molecule has 27 heavy (non-hydrogen) atoms. The summed E-state index contributed by atoms with van der Waals surface area (Å²) in [7, 11) is 0. The van der Waals surface area contributed by atoms with Crippen molar-refractivity contribution >= 4 is 34.0 Å². The molecule has 0 atom stereocenters. The third-order valence-corrected chi connectivity index (χ3v) is 5.43.